The van der Waals surface area contributed by atoms with Gasteiger partial charge in [-0.05, 0) is 25.0 Å². The standard InChI is InChI=1S/C13H16F3N3O4S/c1-24(22,23)18-6-2-3-10(8-18)17-11-5-4-9(13(14,15)16)7-12(11)19(20)21/h4-5,7,10,17H,2-3,6,8H2,1H3. The van der Waals surface area contributed by atoms with Crippen molar-refractivity contribution in [1.29, 1.82) is 0 Å². The Bertz CT molecular complexity index is 736. The van der Waals surface area contributed by atoms with Crippen LogP contribution in [0, 0.1) is 10.1 Å². The van der Waals surface area contributed by atoms with Crippen molar-refractivity contribution >= 4 is 21.4 Å². The van der Waals surface area contributed by atoms with Crippen LogP contribution in [0.15, 0.2) is 18.2 Å². The molecule has 0 saturated carbocycles. The Kier molecular flexibility index (Phi) is 5.04. The maximum atomic E-state index is 12.7. The first-order chi connectivity index (χ1) is 11.0. The summed E-state index contributed by atoms with van der Waals surface area (Å²) in [5.41, 5.74) is -1.86. The fourth-order valence-corrected chi connectivity index (χ4v) is 3.47. The van der Waals surface area contributed by atoms with Gasteiger partial charge in [0.2, 0.25) is 10.0 Å². The summed E-state index contributed by atoms with van der Waals surface area (Å²) in [6.07, 6.45) is -2.50. The maximum Gasteiger partial charge on any atom is 0.416 e. The van der Waals surface area contributed by atoms with E-state index >= 15 is 0 Å². The molecule has 1 fully saturated rings. The molecule has 1 unspecified atom stereocenters. The number of halogens is 3. The van der Waals surface area contributed by atoms with Crippen molar-refractivity contribution in [1.82, 2.24) is 4.31 Å². The molecule has 11 heteroatoms. The summed E-state index contributed by atoms with van der Waals surface area (Å²) in [6, 6.07) is 1.82. The molecular weight excluding hydrogens is 351 g/mol. The van der Waals surface area contributed by atoms with Crippen molar-refractivity contribution < 1.29 is 26.5 Å². The fraction of sp³-hybridized carbons (Fsp3) is 0.538. The highest BCUT2D eigenvalue weighted by atomic mass is 32.2. The van der Waals surface area contributed by atoms with E-state index < -0.39 is 38.4 Å². The van der Waals surface area contributed by atoms with Crippen LogP contribution in [0.1, 0.15) is 18.4 Å². The van der Waals surface area contributed by atoms with Gasteiger partial charge in [0.1, 0.15) is 5.69 Å². The van der Waals surface area contributed by atoms with Gasteiger partial charge in [0.05, 0.1) is 16.7 Å². The lowest BCUT2D eigenvalue weighted by Crippen LogP contribution is -2.44. The normalized spacial score (nSPS) is 19.9. The summed E-state index contributed by atoms with van der Waals surface area (Å²) in [7, 11) is -3.39. The second kappa shape index (κ2) is 6.55. The van der Waals surface area contributed by atoms with Crippen LogP contribution in [-0.4, -0.2) is 43.0 Å². The number of sulfonamides is 1. The number of nitro groups is 1. The van der Waals surface area contributed by atoms with Crippen LogP contribution < -0.4 is 5.32 Å². The summed E-state index contributed by atoms with van der Waals surface area (Å²) >= 11 is 0. The highest BCUT2D eigenvalue weighted by Gasteiger charge is 2.34. The summed E-state index contributed by atoms with van der Waals surface area (Å²) in [5, 5.41) is 13.9. The molecular formula is C13H16F3N3O4S. The fourth-order valence-electron chi connectivity index (χ4n) is 2.56. The second-order valence-corrected chi connectivity index (χ2v) is 7.57. The molecule has 24 heavy (non-hydrogen) atoms. The van der Waals surface area contributed by atoms with E-state index in [0.717, 1.165) is 18.4 Å². The van der Waals surface area contributed by atoms with E-state index in [1.54, 1.807) is 0 Å². The Morgan fingerprint density at radius 2 is 2.04 bits per heavy atom. The van der Waals surface area contributed by atoms with Crippen molar-refractivity contribution in [2.24, 2.45) is 0 Å². The van der Waals surface area contributed by atoms with Gasteiger partial charge in [-0.25, -0.2) is 12.7 Å². The van der Waals surface area contributed by atoms with Crippen LogP contribution in [0.25, 0.3) is 0 Å². The second-order valence-electron chi connectivity index (χ2n) is 5.59. The molecule has 0 radical (unpaired) electrons. The molecule has 1 saturated heterocycles. The first kappa shape index (κ1) is 18.5. The Morgan fingerprint density at radius 1 is 1.38 bits per heavy atom. The van der Waals surface area contributed by atoms with Crippen molar-refractivity contribution in [3.05, 3.63) is 33.9 Å². The molecule has 7 nitrogen and oxygen atoms in total. The largest absolute Gasteiger partial charge is 0.416 e. The summed E-state index contributed by atoms with van der Waals surface area (Å²) in [5.74, 6) is 0. The highest BCUT2D eigenvalue weighted by molar-refractivity contribution is 7.88. The molecule has 1 N–H and O–H groups in total. The number of piperidine rings is 1. The third-order valence-corrected chi connectivity index (χ3v) is 5.00. The van der Waals surface area contributed by atoms with Crippen LogP contribution in [0.2, 0.25) is 0 Å². The average molecular weight is 367 g/mol. The number of hydrogen-bond donors (Lipinski definition) is 1. The minimum absolute atomic E-state index is 0.0617. The van der Waals surface area contributed by atoms with Gasteiger partial charge in [-0.1, -0.05) is 0 Å². The van der Waals surface area contributed by atoms with Crippen LogP contribution in [0.4, 0.5) is 24.5 Å². The van der Waals surface area contributed by atoms with Crippen LogP contribution in [-0.2, 0) is 16.2 Å². The SMILES string of the molecule is CS(=O)(=O)N1CCCC(Nc2ccc(C(F)(F)F)cc2[N+](=O)[O-])C1. The number of nitrogens with one attached hydrogen (secondary N) is 1. The maximum absolute atomic E-state index is 12.7. The Balaban J connectivity index is 2.24. The molecule has 0 amide bonds. The topological polar surface area (TPSA) is 92.6 Å². The van der Waals surface area contributed by atoms with E-state index in [9.17, 15) is 31.7 Å². The van der Waals surface area contributed by atoms with Gasteiger partial charge in [-0.3, -0.25) is 10.1 Å². The van der Waals surface area contributed by atoms with E-state index in [-0.39, 0.29) is 12.2 Å². The van der Waals surface area contributed by atoms with Gasteiger partial charge in [0, 0.05) is 25.2 Å². The molecule has 0 bridgehead atoms. The zero-order valence-corrected chi connectivity index (χ0v) is 13.5. The molecule has 1 atom stereocenters. The zero-order chi connectivity index (χ0) is 18.1. The highest BCUT2D eigenvalue weighted by Crippen LogP contribution is 2.35. The van der Waals surface area contributed by atoms with Crippen molar-refractivity contribution in [3.63, 3.8) is 0 Å². The Labute approximate surface area is 136 Å². The molecule has 1 aromatic rings. The summed E-state index contributed by atoms with van der Waals surface area (Å²) in [6.45, 7) is 0.461. The number of rotatable bonds is 4. The predicted molar refractivity (Wildman–Crippen MR) is 81.2 cm³/mol. The van der Waals surface area contributed by atoms with Crippen LogP contribution >= 0.6 is 0 Å². The third kappa shape index (κ3) is 4.35. The number of anilines is 1. The number of nitro benzene ring substituents is 1. The molecule has 134 valence electrons. The number of hydrogen-bond acceptors (Lipinski definition) is 5. The van der Waals surface area contributed by atoms with Crippen molar-refractivity contribution in [2.45, 2.75) is 25.1 Å². The quantitative estimate of drug-likeness (QED) is 0.652. The molecule has 0 aromatic heterocycles. The number of benzene rings is 1. The minimum atomic E-state index is -4.68. The van der Waals surface area contributed by atoms with E-state index in [1.807, 2.05) is 0 Å². The Hall–Kier alpha value is -1.88. The Morgan fingerprint density at radius 3 is 2.58 bits per heavy atom. The summed E-state index contributed by atoms with van der Waals surface area (Å²) < 4.78 is 62.5. The summed E-state index contributed by atoms with van der Waals surface area (Å²) in [4.78, 5) is 10.2. The van der Waals surface area contributed by atoms with Gasteiger partial charge < -0.3 is 5.32 Å². The lowest BCUT2D eigenvalue weighted by Gasteiger charge is -2.31. The van der Waals surface area contributed by atoms with Gasteiger partial charge in [-0.15, -0.1) is 0 Å². The lowest BCUT2D eigenvalue weighted by molar-refractivity contribution is -0.384. The molecule has 1 heterocycles. The monoisotopic (exact) mass is 367 g/mol. The van der Waals surface area contributed by atoms with E-state index in [2.05, 4.69) is 5.32 Å². The van der Waals surface area contributed by atoms with Crippen LogP contribution in [0.5, 0.6) is 0 Å². The number of alkyl halides is 3. The van der Waals surface area contributed by atoms with Gasteiger partial charge >= 0.3 is 6.18 Å². The molecule has 2 rings (SSSR count). The van der Waals surface area contributed by atoms with E-state index in [4.69, 9.17) is 0 Å². The number of nitrogens with zero attached hydrogens (tertiary/aromatic N) is 2. The van der Waals surface area contributed by atoms with Gasteiger partial charge in [0.25, 0.3) is 5.69 Å². The van der Waals surface area contributed by atoms with Crippen molar-refractivity contribution in [3.8, 4) is 0 Å². The van der Waals surface area contributed by atoms with Crippen molar-refractivity contribution in [2.75, 3.05) is 24.7 Å². The molecule has 0 aliphatic carbocycles. The molecule has 1 aliphatic heterocycles. The van der Waals surface area contributed by atoms with E-state index in [1.165, 1.54) is 4.31 Å². The third-order valence-electron chi connectivity index (χ3n) is 3.73. The van der Waals surface area contributed by atoms with Gasteiger partial charge in [0.15, 0.2) is 0 Å². The van der Waals surface area contributed by atoms with Gasteiger partial charge in [-0.2, -0.15) is 13.2 Å². The molecule has 1 aliphatic rings. The lowest BCUT2D eigenvalue weighted by atomic mass is 10.1. The molecule has 1 aromatic carbocycles. The zero-order valence-electron chi connectivity index (χ0n) is 12.7. The average Bonchev–Trinajstić information content (AvgIpc) is 2.45. The van der Waals surface area contributed by atoms with Crippen LogP contribution in [0.3, 0.4) is 0 Å². The first-order valence-corrected chi connectivity index (χ1v) is 8.90. The minimum Gasteiger partial charge on any atom is -0.375 e. The predicted octanol–water partition coefficient (Wildman–Crippen LogP) is 2.45. The smallest absolute Gasteiger partial charge is 0.375 e. The first-order valence-electron chi connectivity index (χ1n) is 7.06. The molecule has 0 spiro atoms. The van der Waals surface area contributed by atoms with E-state index in [0.29, 0.717) is 25.5 Å².